The summed E-state index contributed by atoms with van der Waals surface area (Å²) in [7, 11) is 1.43. The van der Waals surface area contributed by atoms with E-state index in [1.807, 2.05) is 0 Å². The molecular weight excluding hydrogens is 296 g/mol. The lowest BCUT2D eigenvalue weighted by atomic mass is 9.87. The maximum atomic E-state index is 11.1. The molecule has 0 spiro atoms. The van der Waals surface area contributed by atoms with E-state index < -0.39 is 48.2 Å². The van der Waals surface area contributed by atoms with Crippen molar-refractivity contribution < 1.29 is 38.7 Å². The Morgan fingerprint density at radius 1 is 1.14 bits per heavy atom. The number of carbonyl (C=O) groups is 2. The number of carboxylic acid groups (broad SMARTS) is 2. The minimum Gasteiger partial charge on any atom is -0.481 e. The Balaban J connectivity index is 2.20. The molecule has 5 atom stereocenters. The lowest BCUT2D eigenvalue weighted by Crippen LogP contribution is -2.54. The van der Waals surface area contributed by atoms with Gasteiger partial charge in [0.1, 0.15) is 6.10 Å². The van der Waals surface area contributed by atoms with Crippen molar-refractivity contribution in [2.45, 2.75) is 63.5 Å². The van der Waals surface area contributed by atoms with Crippen LogP contribution in [-0.4, -0.2) is 59.7 Å². The highest BCUT2D eigenvalue weighted by Crippen LogP contribution is 2.42. The predicted molar refractivity (Wildman–Crippen MR) is 72.1 cm³/mol. The molecule has 0 saturated carbocycles. The van der Waals surface area contributed by atoms with Crippen LogP contribution >= 0.6 is 0 Å². The van der Waals surface area contributed by atoms with E-state index in [4.69, 9.17) is 29.2 Å². The third kappa shape index (κ3) is 3.75. The van der Waals surface area contributed by atoms with E-state index in [0.717, 1.165) is 0 Å². The topological polar surface area (TPSA) is 112 Å². The van der Waals surface area contributed by atoms with Crippen molar-refractivity contribution in [1.82, 2.24) is 0 Å². The predicted octanol–water partition coefficient (Wildman–Crippen LogP) is 0.833. The van der Waals surface area contributed by atoms with Crippen LogP contribution in [0.25, 0.3) is 0 Å². The molecule has 8 heteroatoms. The van der Waals surface area contributed by atoms with Crippen LogP contribution in [0, 0.1) is 5.92 Å². The average molecular weight is 318 g/mol. The largest absolute Gasteiger partial charge is 0.481 e. The third-order valence-electron chi connectivity index (χ3n) is 3.90. The van der Waals surface area contributed by atoms with E-state index in [9.17, 15) is 9.59 Å². The van der Waals surface area contributed by atoms with E-state index in [-0.39, 0.29) is 19.3 Å². The quantitative estimate of drug-likeness (QED) is 0.741. The second kappa shape index (κ2) is 6.49. The number of hydrogen-bond acceptors (Lipinski definition) is 6. The van der Waals surface area contributed by atoms with Gasteiger partial charge in [0, 0.05) is 19.4 Å². The Labute approximate surface area is 128 Å². The summed E-state index contributed by atoms with van der Waals surface area (Å²) < 4.78 is 22.7. The number of aliphatic carboxylic acids is 2. The average Bonchev–Trinajstić information content (AvgIpc) is 2.72. The third-order valence-corrected chi connectivity index (χ3v) is 3.90. The molecule has 2 aliphatic rings. The van der Waals surface area contributed by atoms with Gasteiger partial charge >= 0.3 is 11.9 Å². The van der Waals surface area contributed by atoms with Gasteiger partial charge in [-0.25, -0.2) is 0 Å². The van der Waals surface area contributed by atoms with Gasteiger partial charge in [0.15, 0.2) is 12.1 Å². The van der Waals surface area contributed by atoms with Crippen molar-refractivity contribution in [3.8, 4) is 0 Å². The normalized spacial score (nSPS) is 36.8. The fraction of sp³-hybridized carbons (Fsp3) is 0.857. The molecule has 0 radical (unpaired) electrons. The van der Waals surface area contributed by atoms with Crippen LogP contribution in [-0.2, 0) is 28.5 Å². The number of methoxy groups -OCH3 is 1. The Hall–Kier alpha value is -1.22. The standard InChI is InChI=1S/C14H22O8/c1-14(2)21-11-7(6-10(17)18)13(19-3)20-8(12(11)22-14)4-5-9(15)16/h7-8,11-13H,4-6H2,1-3H3,(H,15,16)(H,17,18)/t7?,8?,11?,12-,13+/m0/s1. The molecule has 0 aromatic heterocycles. The Morgan fingerprint density at radius 2 is 1.77 bits per heavy atom. The van der Waals surface area contributed by atoms with Crippen LogP contribution in [0.15, 0.2) is 0 Å². The first kappa shape index (κ1) is 17.1. The molecule has 2 rings (SSSR count). The van der Waals surface area contributed by atoms with E-state index >= 15 is 0 Å². The summed E-state index contributed by atoms with van der Waals surface area (Å²) in [5.41, 5.74) is 0. The molecule has 2 saturated heterocycles. The number of fused-ring (bicyclic) bond motifs is 1. The highest BCUT2D eigenvalue weighted by molar-refractivity contribution is 5.67. The Kier molecular flexibility index (Phi) is 5.06. The van der Waals surface area contributed by atoms with Crippen LogP contribution in [0.2, 0.25) is 0 Å². The van der Waals surface area contributed by atoms with Gasteiger partial charge in [0.05, 0.1) is 18.6 Å². The Bertz CT molecular complexity index is 435. The zero-order chi connectivity index (χ0) is 16.5. The van der Waals surface area contributed by atoms with Crippen LogP contribution in [0.5, 0.6) is 0 Å². The second-order valence-corrected chi connectivity index (χ2v) is 6.04. The fourth-order valence-electron chi connectivity index (χ4n) is 3.08. The second-order valence-electron chi connectivity index (χ2n) is 6.04. The van der Waals surface area contributed by atoms with E-state index in [2.05, 4.69) is 0 Å². The summed E-state index contributed by atoms with van der Waals surface area (Å²) >= 11 is 0. The van der Waals surface area contributed by atoms with Crippen LogP contribution < -0.4 is 0 Å². The summed E-state index contributed by atoms with van der Waals surface area (Å²) in [6, 6.07) is 0. The van der Waals surface area contributed by atoms with Crippen molar-refractivity contribution in [3.05, 3.63) is 0 Å². The first-order valence-corrected chi connectivity index (χ1v) is 7.21. The lowest BCUT2D eigenvalue weighted by Gasteiger charge is -2.41. The minimum absolute atomic E-state index is 0.0717. The first-order chi connectivity index (χ1) is 10.2. The number of carboxylic acids is 2. The zero-order valence-corrected chi connectivity index (χ0v) is 12.9. The van der Waals surface area contributed by atoms with Crippen molar-refractivity contribution in [2.24, 2.45) is 5.92 Å². The monoisotopic (exact) mass is 318 g/mol. The van der Waals surface area contributed by atoms with Gasteiger partial charge in [0.2, 0.25) is 0 Å². The van der Waals surface area contributed by atoms with Gasteiger partial charge in [-0.05, 0) is 20.3 Å². The molecule has 2 aliphatic heterocycles. The van der Waals surface area contributed by atoms with Crippen LogP contribution in [0.3, 0.4) is 0 Å². The zero-order valence-electron chi connectivity index (χ0n) is 12.9. The maximum absolute atomic E-state index is 11.1. The van der Waals surface area contributed by atoms with Gasteiger partial charge in [0.25, 0.3) is 0 Å². The molecule has 0 amide bonds. The summed E-state index contributed by atoms with van der Waals surface area (Å²) in [5, 5.41) is 17.9. The summed E-state index contributed by atoms with van der Waals surface area (Å²) in [5.74, 6) is -3.30. The smallest absolute Gasteiger partial charge is 0.303 e. The molecule has 126 valence electrons. The molecule has 22 heavy (non-hydrogen) atoms. The van der Waals surface area contributed by atoms with Gasteiger partial charge in [-0.2, -0.15) is 0 Å². The first-order valence-electron chi connectivity index (χ1n) is 7.21. The van der Waals surface area contributed by atoms with Gasteiger partial charge in [-0.1, -0.05) is 0 Å². The highest BCUT2D eigenvalue weighted by atomic mass is 16.8. The SMILES string of the molecule is CO[C@@H]1OC(CCC(=O)O)[C@@H]2OC(C)(C)OC2C1CC(=O)O. The number of hydrogen-bond donors (Lipinski definition) is 2. The molecule has 2 N–H and O–H groups in total. The molecule has 0 aliphatic carbocycles. The summed E-state index contributed by atoms with van der Waals surface area (Å²) in [6.07, 6.45) is -2.31. The number of ether oxygens (including phenoxy) is 4. The van der Waals surface area contributed by atoms with Gasteiger partial charge < -0.3 is 29.2 Å². The van der Waals surface area contributed by atoms with Crippen molar-refractivity contribution in [3.63, 3.8) is 0 Å². The van der Waals surface area contributed by atoms with Crippen LogP contribution in [0.4, 0.5) is 0 Å². The van der Waals surface area contributed by atoms with Crippen molar-refractivity contribution in [2.75, 3.05) is 7.11 Å². The molecule has 0 bridgehead atoms. The molecular formula is C14H22O8. The van der Waals surface area contributed by atoms with Crippen molar-refractivity contribution in [1.29, 1.82) is 0 Å². The summed E-state index contributed by atoms with van der Waals surface area (Å²) in [4.78, 5) is 21.9. The maximum Gasteiger partial charge on any atom is 0.303 e. The van der Waals surface area contributed by atoms with E-state index in [1.165, 1.54) is 7.11 Å². The lowest BCUT2D eigenvalue weighted by molar-refractivity contribution is -0.253. The molecule has 8 nitrogen and oxygen atoms in total. The summed E-state index contributed by atoms with van der Waals surface area (Å²) in [6.45, 7) is 3.47. The van der Waals surface area contributed by atoms with Crippen molar-refractivity contribution >= 4 is 11.9 Å². The van der Waals surface area contributed by atoms with E-state index in [1.54, 1.807) is 13.8 Å². The highest BCUT2D eigenvalue weighted by Gasteiger charge is 2.55. The molecule has 0 aromatic carbocycles. The molecule has 3 unspecified atom stereocenters. The number of rotatable bonds is 6. The molecule has 2 heterocycles. The molecule has 2 fully saturated rings. The fourth-order valence-corrected chi connectivity index (χ4v) is 3.08. The van der Waals surface area contributed by atoms with Gasteiger partial charge in [-0.15, -0.1) is 0 Å². The van der Waals surface area contributed by atoms with E-state index in [0.29, 0.717) is 0 Å². The van der Waals surface area contributed by atoms with Gasteiger partial charge in [-0.3, -0.25) is 9.59 Å². The Morgan fingerprint density at radius 3 is 2.32 bits per heavy atom. The minimum atomic E-state index is -0.980. The molecule has 0 aromatic rings. The van der Waals surface area contributed by atoms with Crippen LogP contribution in [0.1, 0.15) is 33.1 Å².